The Kier molecular flexibility index (Phi) is 5.30. The van der Waals surface area contributed by atoms with Crippen molar-refractivity contribution >= 4 is 0 Å². The molecule has 0 N–H and O–H groups in total. The SMILES string of the molecule is COc1ccc(-c2cc3n(n2)CCCN(Cc2ccc(F)cc2)C3)cc1OC. The van der Waals surface area contributed by atoms with E-state index in [1.807, 2.05) is 30.3 Å². The number of benzene rings is 2. The summed E-state index contributed by atoms with van der Waals surface area (Å²) in [5.41, 5.74) is 4.24. The summed E-state index contributed by atoms with van der Waals surface area (Å²) in [4.78, 5) is 2.38. The van der Waals surface area contributed by atoms with Crippen LogP contribution >= 0.6 is 0 Å². The number of hydrogen-bond acceptors (Lipinski definition) is 4. The average molecular weight is 381 g/mol. The van der Waals surface area contributed by atoms with Crippen molar-refractivity contribution in [1.29, 1.82) is 0 Å². The van der Waals surface area contributed by atoms with Crippen molar-refractivity contribution in [3.8, 4) is 22.8 Å². The summed E-state index contributed by atoms with van der Waals surface area (Å²) < 4.78 is 26.0. The monoisotopic (exact) mass is 381 g/mol. The summed E-state index contributed by atoms with van der Waals surface area (Å²) in [6.45, 7) is 3.50. The number of halogens is 1. The fourth-order valence-corrected chi connectivity index (χ4v) is 3.65. The van der Waals surface area contributed by atoms with E-state index < -0.39 is 0 Å². The molecule has 1 aliphatic heterocycles. The Balaban J connectivity index is 1.55. The fourth-order valence-electron chi connectivity index (χ4n) is 3.65. The van der Waals surface area contributed by atoms with Crippen LogP contribution in [0.25, 0.3) is 11.3 Å². The van der Waals surface area contributed by atoms with Crippen LogP contribution < -0.4 is 9.47 Å². The number of ether oxygens (including phenoxy) is 2. The van der Waals surface area contributed by atoms with E-state index in [1.54, 1.807) is 14.2 Å². The highest BCUT2D eigenvalue weighted by Gasteiger charge is 2.18. The summed E-state index contributed by atoms with van der Waals surface area (Å²) in [5.74, 6) is 1.20. The van der Waals surface area contributed by atoms with Gasteiger partial charge in [-0.2, -0.15) is 5.10 Å². The maximum atomic E-state index is 13.2. The third kappa shape index (κ3) is 3.87. The van der Waals surface area contributed by atoms with Gasteiger partial charge in [-0.1, -0.05) is 12.1 Å². The summed E-state index contributed by atoms with van der Waals surface area (Å²) in [7, 11) is 3.27. The molecule has 2 heterocycles. The number of rotatable bonds is 5. The molecule has 4 rings (SSSR count). The highest BCUT2D eigenvalue weighted by Crippen LogP contribution is 2.32. The van der Waals surface area contributed by atoms with E-state index in [9.17, 15) is 4.39 Å². The zero-order valence-corrected chi connectivity index (χ0v) is 16.2. The number of aromatic nitrogens is 2. The highest BCUT2D eigenvalue weighted by molar-refractivity contribution is 5.64. The molecule has 6 heteroatoms. The summed E-state index contributed by atoms with van der Waals surface area (Å²) in [6.07, 6.45) is 1.03. The van der Waals surface area contributed by atoms with Gasteiger partial charge in [0.25, 0.3) is 0 Å². The van der Waals surface area contributed by atoms with Gasteiger partial charge in [0.15, 0.2) is 11.5 Å². The van der Waals surface area contributed by atoms with Gasteiger partial charge in [0.05, 0.1) is 25.6 Å². The molecule has 28 heavy (non-hydrogen) atoms. The second kappa shape index (κ2) is 8.02. The van der Waals surface area contributed by atoms with Crippen LogP contribution in [-0.4, -0.2) is 35.4 Å². The van der Waals surface area contributed by atoms with Crippen molar-refractivity contribution in [2.75, 3.05) is 20.8 Å². The molecular weight excluding hydrogens is 357 g/mol. The van der Waals surface area contributed by atoms with E-state index >= 15 is 0 Å². The van der Waals surface area contributed by atoms with Crippen LogP contribution in [0.1, 0.15) is 17.7 Å². The zero-order chi connectivity index (χ0) is 19.5. The lowest BCUT2D eigenvalue weighted by molar-refractivity contribution is 0.261. The quantitative estimate of drug-likeness (QED) is 0.667. The normalized spacial score (nSPS) is 14.4. The van der Waals surface area contributed by atoms with Crippen molar-refractivity contribution in [1.82, 2.24) is 14.7 Å². The smallest absolute Gasteiger partial charge is 0.161 e. The highest BCUT2D eigenvalue weighted by atomic mass is 19.1. The lowest BCUT2D eigenvalue weighted by Crippen LogP contribution is -2.22. The molecule has 0 fully saturated rings. The second-order valence-electron chi connectivity index (χ2n) is 7.00. The predicted molar refractivity (Wildman–Crippen MR) is 106 cm³/mol. The van der Waals surface area contributed by atoms with Crippen molar-refractivity contribution < 1.29 is 13.9 Å². The Morgan fingerprint density at radius 3 is 2.50 bits per heavy atom. The maximum absolute atomic E-state index is 13.2. The fraction of sp³-hybridized carbons (Fsp3) is 0.318. The minimum absolute atomic E-state index is 0.197. The molecule has 0 spiro atoms. The third-order valence-electron chi connectivity index (χ3n) is 5.09. The Hall–Kier alpha value is -2.86. The van der Waals surface area contributed by atoms with E-state index in [-0.39, 0.29) is 5.82 Å². The van der Waals surface area contributed by atoms with Crippen LogP contribution in [0.15, 0.2) is 48.5 Å². The van der Waals surface area contributed by atoms with Crippen LogP contribution in [0, 0.1) is 5.82 Å². The van der Waals surface area contributed by atoms with E-state index in [1.165, 1.54) is 17.8 Å². The molecule has 0 saturated heterocycles. The van der Waals surface area contributed by atoms with Gasteiger partial charge in [0.1, 0.15) is 5.82 Å². The first kappa shape index (κ1) is 18.5. The molecule has 0 saturated carbocycles. The first-order valence-corrected chi connectivity index (χ1v) is 9.42. The molecule has 0 atom stereocenters. The Morgan fingerprint density at radius 1 is 0.964 bits per heavy atom. The molecule has 5 nitrogen and oxygen atoms in total. The predicted octanol–water partition coefficient (Wildman–Crippen LogP) is 4.11. The van der Waals surface area contributed by atoms with E-state index in [4.69, 9.17) is 14.6 Å². The van der Waals surface area contributed by atoms with Gasteiger partial charge in [-0.3, -0.25) is 9.58 Å². The molecule has 0 unspecified atom stereocenters. The number of nitrogens with zero attached hydrogens (tertiary/aromatic N) is 3. The Morgan fingerprint density at radius 2 is 1.75 bits per heavy atom. The van der Waals surface area contributed by atoms with Gasteiger partial charge in [0.2, 0.25) is 0 Å². The minimum atomic E-state index is -0.197. The molecule has 0 bridgehead atoms. The Labute approximate surface area is 164 Å². The lowest BCUT2D eigenvalue weighted by atomic mass is 10.1. The molecule has 3 aromatic rings. The van der Waals surface area contributed by atoms with Gasteiger partial charge in [0, 0.05) is 31.7 Å². The van der Waals surface area contributed by atoms with Gasteiger partial charge in [-0.25, -0.2) is 4.39 Å². The maximum Gasteiger partial charge on any atom is 0.161 e. The number of hydrogen-bond donors (Lipinski definition) is 0. The summed E-state index contributed by atoms with van der Waals surface area (Å²) >= 11 is 0. The van der Waals surface area contributed by atoms with Gasteiger partial charge < -0.3 is 9.47 Å². The first-order valence-electron chi connectivity index (χ1n) is 9.42. The van der Waals surface area contributed by atoms with Crippen molar-refractivity contribution in [3.63, 3.8) is 0 Å². The molecule has 1 aliphatic rings. The minimum Gasteiger partial charge on any atom is -0.493 e. The van der Waals surface area contributed by atoms with Crippen LogP contribution in [0.2, 0.25) is 0 Å². The molecule has 2 aromatic carbocycles. The van der Waals surface area contributed by atoms with Gasteiger partial charge >= 0.3 is 0 Å². The Bertz CT molecular complexity index is 953. The topological polar surface area (TPSA) is 39.5 Å². The van der Waals surface area contributed by atoms with Crippen LogP contribution in [0.3, 0.4) is 0 Å². The van der Waals surface area contributed by atoms with E-state index in [0.29, 0.717) is 11.5 Å². The van der Waals surface area contributed by atoms with Crippen molar-refractivity contribution in [2.24, 2.45) is 0 Å². The largest absolute Gasteiger partial charge is 0.493 e. The average Bonchev–Trinajstić information content (AvgIpc) is 3.02. The lowest BCUT2D eigenvalue weighted by Gasteiger charge is -2.19. The van der Waals surface area contributed by atoms with Crippen molar-refractivity contribution in [3.05, 3.63) is 65.6 Å². The molecule has 0 aliphatic carbocycles. The molecule has 1 aromatic heterocycles. The van der Waals surface area contributed by atoms with Crippen LogP contribution in [0.5, 0.6) is 11.5 Å². The third-order valence-corrected chi connectivity index (χ3v) is 5.09. The van der Waals surface area contributed by atoms with Crippen LogP contribution in [-0.2, 0) is 19.6 Å². The van der Waals surface area contributed by atoms with Gasteiger partial charge in [-0.15, -0.1) is 0 Å². The van der Waals surface area contributed by atoms with E-state index in [2.05, 4.69) is 15.6 Å². The van der Waals surface area contributed by atoms with Crippen LogP contribution in [0.4, 0.5) is 4.39 Å². The zero-order valence-electron chi connectivity index (χ0n) is 16.2. The molecular formula is C22H24FN3O2. The molecule has 0 amide bonds. The second-order valence-corrected chi connectivity index (χ2v) is 7.00. The standard InChI is InChI=1S/C22H24FN3O2/c1-27-21-9-6-17(12-22(21)28-2)20-13-19-15-25(10-3-11-26(19)24-20)14-16-4-7-18(23)8-5-16/h4-9,12-13H,3,10-11,14-15H2,1-2H3. The summed E-state index contributed by atoms with van der Waals surface area (Å²) in [6, 6.07) is 14.7. The molecule has 146 valence electrons. The molecule has 0 radical (unpaired) electrons. The van der Waals surface area contributed by atoms with Crippen molar-refractivity contribution in [2.45, 2.75) is 26.1 Å². The number of aryl methyl sites for hydroxylation is 1. The van der Waals surface area contributed by atoms with Gasteiger partial charge in [-0.05, 0) is 48.4 Å². The summed E-state index contributed by atoms with van der Waals surface area (Å²) in [5, 5.41) is 4.81. The number of methoxy groups -OCH3 is 2. The number of fused-ring (bicyclic) bond motifs is 1. The first-order chi connectivity index (χ1) is 13.7. The van der Waals surface area contributed by atoms with E-state index in [0.717, 1.165) is 49.4 Å².